The zero-order valence-corrected chi connectivity index (χ0v) is 12.4. The van der Waals surface area contributed by atoms with Gasteiger partial charge in [-0.05, 0) is 32.5 Å². The monoisotopic (exact) mass is 279 g/mol. The van der Waals surface area contributed by atoms with Gasteiger partial charge in [-0.25, -0.2) is 0 Å². The van der Waals surface area contributed by atoms with Crippen molar-refractivity contribution in [3.63, 3.8) is 0 Å². The molecule has 0 aromatic carbocycles. The number of carbonyl (C=O) groups excluding carboxylic acids is 1. The number of hydrogen-bond acceptors (Lipinski definition) is 4. The average Bonchev–Trinajstić information content (AvgIpc) is 3.11. The molecule has 2 rings (SSSR count). The lowest BCUT2D eigenvalue weighted by Crippen LogP contribution is -2.35. The third-order valence-electron chi connectivity index (χ3n) is 3.82. The molecule has 0 spiro atoms. The first-order valence-electron chi connectivity index (χ1n) is 7.52. The predicted molar refractivity (Wildman–Crippen MR) is 79.7 cm³/mol. The number of likely N-dealkylation sites (N-methyl/N-ethyl adjacent to an activating group) is 1. The van der Waals surface area contributed by atoms with Gasteiger partial charge >= 0.3 is 0 Å². The summed E-state index contributed by atoms with van der Waals surface area (Å²) < 4.78 is 1.88. The van der Waals surface area contributed by atoms with E-state index in [1.807, 2.05) is 10.9 Å². The molecule has 1 aliphatic rings. The summed E-state index contributed by atoms with van der Waals surface area (Å²) in [4.78, 5) is 14.3. The maximum absolute atomic E-state index is 12.0. The van der Waals surface area contributed by atoms with Crippen LogP contribution in [0.25, 0.3) is 0 Å². The summed E-state index contributed by atoms with van der Waals surface area (Å²) in [5.74, 6) is 0.0470. The third-order valence-corrected chi connectivity index (χ3v) is 3.82. The Morgan fingerprint density at radius 1 is 1.55 bits per heavy atom. The van der Waals surface area contributed by atoms with Gasteiger partial charge in [0.05, 0.1) is 24.5 Å². The van der Waals surface area contributed by atoms with E-state index in [-0.39, 0.29) is 11.9 Å². The van der Waals surface area contributed by atoms with E-state index in [4.69, 9.17) is 0 Å². The highest BCUT2D eigenvalue weighted by Crippen LogP contribution is 2.10. The molecule has 1 aromatic rings. The van der Waals surface area contributed by atoms with E-state index in [0.717, 1.165) is 51.3 Å². The van der Waals surface area contributed by atoms with Crippen LogP contribution in [0.1, 0.15) is 26.7 Å². The Morgan fingerprint density at radius 2 is 2.35 bits per heavy atom. The topological polar surface area (TPSA) is 62.2 Å². The van der Waals surface area contributed by atoms with E-state index >= 15 is 0 Å². The Bertz CT molecular complexity index is 421. The number of nitrogens with zero attached hydrogens (tertiary/aromatic N) is 3. The molecule has 20 heavy (non-hydrogen) atoms. The second-order valence-corrected chi connectivity index (χ2v) is 5.16. The Kier molecular flexibility index (Phi) is 5.55. The van der Waals surface area contributed by atoms with E-state index in [9.17, 15) is 4.79 Å². The molecule has 2 heterocycles. The van der Waals surface area contributed by atoms with Gasteiger partial charge in [-0.15, -0.1) is 0 Å². The van der Waals surface area contributed by atoms with Gasteiger partial charge in [-0.2, -0.15) is 5.10 Å². The number of nitrogens with one attached hydrogen (secondary N) is 2. The van der Waals surface area contributed by atoms with Crippen molar-refractivity contribution in [2.45, 2.75) is 39.3 Å². The summed E-state index contributed by atoms with van der Waals surface area (Å²) in [6.45, 7) is 9.18. The lowest BCUT2D eigenvalue weighted by molar-refractivity contribution is -0.117. The third kappa shape index (κ3) is 4.05. The van der Waals surface area contributed by atoms with Crippen molar-refractivity contribution in [1.29, 1.82) is 0 Å². The van der Waals surface area contributed by atoms with Gasteiger partial charge in [0.1, 0.15) is 0 Å². The van der Waals surface area contributed by atoms with Crippen LogP contribution in [0.5, 0.6) is 0 Å². The van der Waals surface area contributed by atoms with Crippen LogP contribution in [-0.4, -0.2) is 52.8 Å². The van der Waals surface area contributed by atoms with Gasteiger partial charge in [0.15, 0.2) is 0 Å². The summed E-state index contributed by atoms with van der Waals surface area (Å²) in [6, 6.07) is -0.0472. The van der Waals surface area contributed by atoms with E-state index in [2.05, 4.69) is 34.5 Å². The summed E-state index contributed by atoms with van der Waals surface area (Å²) in [5, 5.41) is 10.4. The fourth-order valence-electron chi connectivity index (χ4n) is 2.47. The molecule has 1 aliphatic heterocycles. The Labute approximate surface area is 120 Å². The molecular formula is C14H25N5O. The van der Waals surface area contributed by atoms with Gasteiger partial charge in [0.25, 0.3) is 0 Å². The highest BCUT2D eigenvalue weighted by Gasteiger charge is 2.22. The zero-order valence-electron chi connectivity index (χ0n) is 12.4. The predicted octanol–water partition coefficient (Wildman–Crippen LogP) is 0.915. The molecule has 0 bridgehead atoms. The fraction of sp³-hybridized carbons (Fsp3) is 0.714. The Balaban J connectivity index is 1.80. The van der Waals surface area contributed by atoms with Crippen molar-refractivity contribution < 1.29 is 4.79 Å². The van der Waals surface area contributed by atoms with Crippen LogP contribution >= 0.6 is 0 Å². The quantitative estimate of drug-likeness (QED) is 0.779. The number of amides is 1. The molecule has 1 amide bonds. The average molecular weight is 279 g/mol. The highest BCUT2D eigenvalue weighted by atomic mass is 16.2. The van der Waals surface area contributed by atoms with E-state index in [1.54, 1.807) is 6.20 Å². The number of aromatic nitrogens is 2. The molecule has 6 heteroatoms. The van der Waals surface area contributed by atoms with Gasteiger partial charge in [0.2, 0.25) is 5.91 Å². The van der Waals surface area contributed by atoms with Crippen LogP contribution in [0.4, 0.5) is 5.69 Å². The molecule has 112 valence electrons. The zero-order chi connectivity index (χ0) is 14.4. The normalized spacial score (nSPS) is 18.6. The molecule has 0 radical (unpaired) electrons. The standard InChI is InChI=1S/C14H25N5O/c1-3-18(4-2)8-9-19-11-12(10-16-19)17-14(20)13-6-5-7-15-13/h10-11,13,15H,3-9H2,1-2H3,(H,17,20)/t13-/m1/s1. The molecule has 1 atom stereocenters. The fourth-order valence-corrected chi connectivity index (χ4v) is 2.47. The molecule has 0 saturated carbocycles. The summed E-state index contributed by atoms with van der Waals surface area (Å²) >= 11 is 0. The van der Waals surface area contributed by atoms with E-state index in [1.165, 1.54) is 0 Å². The van der Waals surface area contributed by atoms with Crippen molar-refractivity contribution in [3.8, 4) is 0 Å². The first kappa shape index (κ1) is 15.0. The maximum Gasteiger partial charge on any atom is 0.241 e. The SMILES string of the molecule is CCN(CC)CCn1cc(NC(=O)[C@H]2CCCN2)cn1. The molecule has 0 unspecified atom stereocenters. The molecule has 1 fully saturated rings. The van der Waals surface area contributed by atoms with Gasteiger partial charge in [-0.3, -0.25) is 9.48 Å². The number of rotatable bonds is 7. The smallest absolute Gasteiger partial charge is 0.241 e. The first-order chi connectivity index (χ1) is 9.72. The van der Waals surface area contributed by atoms with Crippen LogP contribution in [0.15, 0.2) is 12.4 Å². The molecule has 1 aromatic heterocycles. The minimum Gasteiger partial charge on any atom is -0.322 e. The second-order valence-electron chi connectivity index (χ2n) is 5.16. The van der Waals surface area contributed by atoms with Crippen LogP contribution in [-0.2, 0) is 11.3 Å². The van der Waals surface area contributed by atoms with Crippen LogP contribution in [0.2, 0.25) is 0 Å². The largest absolute Gasteiger partial charge is 0.322 e. The summed E-state index contributed by atoms with van der Waals surface area (Å²) in [5.41, 5.74) is 0.781. The molecule has 6 nitrogen and oxygen atoms in total. The molecular weight excluding hydrogens is 254 g/mol. The summed E-state index contributed by atoms with van der Waals surface area (Å²) in [6.07, 6.45) is 5.61. The minimum atomic E-state index is -0.0472. The van der Waals surface area contributed by atoms with Gasteiger partial charge in [0, 0.05) is 12.7 Å². The van der Waals surface area contributed by atoms with Gasteiger partial charge in [-0.1, -0.05) is 13.8 Å². The van der Waals surface area contributed by atoms with Crippen LogP contribution in [0.3, 0.4) is 0 Å². The number of hydrogen-bond donors (Lipinski definition) is 2. The van der Waals surface area contributed by atoms with Gasteiger partial charge < -0.3 is 15.5 Å². The van der Waals surface area contributed by atoms with Crippen molar-refractivity contribution in [2.75, 3.05) is 31.5 Å². The minimum absolute atomic E-state index is 0.0470. The lowest BCUT2D eigenvalue weighted by atomic mass is 10.2. The van der Waals surface area contributed by atoms with Crippen molar-refractivity contribution in [3.05, 3.63) is 12.4 Å². The molecule has 1 saturated heterocycles. The van der Waals surface area contributed by atoms with Crippen molar-refractivity contribution in [1.82, 2.24) is 20.0 Å². The Hall–Kier alpha value is -1.40. The van der Waals surface area contributed by atoms with E-state index in [0.29, 0.717) is 0 Å². The molecule has 0 aliphatic carbocycles. The number of anilines is 1. The highest BCUT2D eigenvalue weighted by molar-refractivity contribution is 5.94. The number of carbonyl (C=O) groups is 1. The maximum atomic E-state index is 12.0. The summed E-state index contributed by atoms with van der Waals surface area (Å²) in [7, 11) is 0. The molecule has 2 N–H and O–H groups in total. The first-order valence-corrected chi connectivity index (χ1v) is 7.52. The van der Waals surface area contributed by atoms with Crippen LogP contribution < -0.4 is 10.6 Å². The second kappa shape index (κ2) is 7.40. The Morgan fingerprint density at radius 3 is 3.00 bits per heavy atom. The van der Waals surface area contributed by atoms with E-state index < -0.39 is 0 Å². The van der Waals surface area contributed by atoms with Crippen LogP contribution in [0, 0.1) is 0 Å². The lowest BCUT2D eigenvalue weighted by Gasteiger charge is -2.17. The van der Waals surface area contributed by atoms with Crippen molar-refractivity contribution >= 4 is 11.6 Å². The van der Waals surface area contributed by atoms with Crippen molar-refractivity contribution in [2.24, 2.45) is 0 Å².